The molecule has 0 aromatic carbocycles. The summed E-state index contributed by atoms with van der Waals surface area (Å²) in [6, 6.07) is 0. The predicted molar refractivity (Wildman–Crippen MR) is 56.7 cm³/mol. The van der Waals surface area contributed by atoms with Crippen molar-refractivity contribution in [2.75, 3.05) is 0 Å². The molecule has 0 aliphatic heterocycles. The van der Waals surface area contributed by atoms with Gasteiger partial charge in [-0.1, -0.05) is 7.43 Å². The van der Waals surface area contributed by atoms with Gasteiger partial charge in [-0.25, -0.2) is 9.13 Å². The van der Waals surface area contributed by atoms with Gasteiger partial charge in [0, 0.05) is 0 Å². The van der Waals surface area contributed by atoms with Crippen LogP contribution < -0.4 is 0 Å². The minimum atomic E-state index is -4.64. The van der Waals surface area contributed by atoms with Crippen molar-refractivity contribution in [2.24, 2.45) is 0 Å². The molecule has 0 amide bonds. The minimum absolute atomic E-state index is 0. The number of rotatable bonds is 0. The van der Waals surface area contributed by atoms with Crippen LogP contribution in [0.4, 0.5) is 0 Å². The van der Waals surface area contributed by atoms with Gasteiger partial charge in [-0.05, 0) is 0 Å². The molecular weight excluding hydrogens is 271 g/mol. The van der Waals surface area contributed by atoms with E-state index in [4.69, 9.17) is 38.5 Å². The summed E-state index contributed by atoms with van der Waals surface area (Å²) < 4.78 is 17.8. The Labute approximate surface area is 148 Å². The number of hydrogen-bond acceptors (Lipinski definition) is 2. The zero-order valence-corrected chi connectivity index (χ0v) is 6.18. The van der Waals surface area contributed by atoms with Crippen LogP contribution in [0.15, 0.2) is 0 Å². The average molecular weight is 284 g/mol. The van der Waals surface area contributed by atoms with Crippen LogP contribution in [0.1, 0.15) is 7.43 Å². The Morgan fingerprint density at radius 2 is 0.571 bits per heavy atom. The third-order valence-corrected chi connectivity index (χ3v) is 0. The zero-order valence-electron chi connectivity index (χ0n) is 4.39. The molecule has 0 radical (unpaired) electrons. The second-order valence-electron chi connectivity index (χ2n) is 1.03. The Morgan fingerprint density at radius 1 is 0.571 bits per heavy atom. The molecule has 0 rings (SSSR count). The Balaban J connectivity index is -0.0000000178. The zero-order chi connectivity index (χ0) is 9.00. The molecule has 0 aromatic heterocycles. The van der Waals surface area contributed by atoms with E-state index >= 15 is 0 Å². The molecule has 14 heavy (non-hydrogen) atoms. The first-order chi connectivity index (χ1) is 4.00. The molecular formula is CH13Na3O8P2. The Kier molecular flexibility index (Phi) is 41.7. The number of hydrogen-bond donors (Lipinski definition) is 6. The molecule has 0 aromatic rings. The molecule has 0 heterocycles. The molecule has 0 aliphatic rings. The van der Waals surface area contributed by atoms with Crippen LogP contribution in [0, 0.1) is 0 Å². The van der Waals surface area contributed by atoms with Crippen molar-refractivity contribution in [2.45, 2.75) is 7.43 Å². The van der Waals surface area contributed by atoms with Gasteiger partial charge in [-0.2, -0.15) is 0 Å². The van der Waals surface area contributed by atoms with E-state index in [-0.39, 0.29) is 96.1 Å². The van der Waals surface area contributed by atoms with E-state index in [0.29, 0.717) is 0 Å². The van der Waals surface area contributed by atoms with E-state index in [0.717, 1.165) is 0 Å². The SMILES string of the molecule is C.O=P(O)(O)O.O=P(O)(O)O.[NaH].[NaH].[NaH]. The molecule has 0 bridgehead atoms. The molecule has 0 spiro atoms. The summed E-state index contributed by atoms with van der Waals surface area (Å²) in [5.41, 5.74) is 0. The van der Waals surface area contributed by atoms with E-state index in [9.17, 15) is 0 Å². The molecule has 0 aliphatic carbocycles. The van der Waals surface area contributed by atoms with Crippen LogP contribution in [0.25, 0.3) is 0 Å². The molecule has 0 fully saturated rings. The van der Waals surface area contributed by atoms with Crippen LogP contribution in [-0.4, -0.2) is 118 Å². The molecule has 13 heteroatoms. The van der Waals surface area contributed by atoms with Crippen molar-refractivity contribution >= 4 is 104 Å². The van der Waals surface area contributed by atoms with Gasteiger partial charge < -0.3 is 29.4 Å². The fourth-order valence-corrected chi connectivity index (χ4v) is 0. The van der Waals surface area contributed by atoms with Crippen LogP contribution in [0.5, 0.6) is 0 Å². The molecule has 0 saturated carbocycles. The molecule has 6 N–H and O–H groups in total. The van der Waals surface area contributed by atoms with Crippen LogP contribution in [-0.2, 0) is 9.13 Å². The fourth-order valence-electron chi connectivity index (χ4n) is 0. The van der Waals surface area contributed by atoms with E-state index < -0.39 is 15.6 Å². The molecule has 78 valence electrons. The quantitative estimate of drug-likeness (QED) is 0.201. The Morgan fingerprint density at radius 3 is 0.571 bits per heavy atom. The van der Waals surface area contributed by atoms with Crippen LogP contribution in [0.2, 0.25) is 0 Å². The second kappa shape index (κ2) is 16.2. The Bertz CT molecular complexity index is 135. The maximum absolute atomic E-state index is 8.88. The van der Waals surface area contributed by atoms with Crippen molar-refractivity contribution < 1.29 is 38.5 Å². The fraction of sp³-hybridized carbons (Fsp3) is 1.00. The van der Waals surface area contributed by atoms with Gasteiger partial charge in [0.2, 0.25) is 0 Å². The first kappa shape index (κ1) is 36.0. The average Bonchev–Trinajstić information content (AvgIpc) is 1.12. The van der Waals surface area contributed by atoms with Gasteiger partial charge in [0.1, 0.15) is 0 Å². The van der Waals surface area contributed by atoms with E-state index in [1.807, 2.05) is 0 Å². The van der Waals surface area contributed by atoms with Crippen molar-refractivity contribution in [3.63, 3.8) is 0 Å². The van der Waals surface area contributed by atoms with Gasteiger partial charge in [0.25, 0.3) is 0 Å². The first-order valence-corrected chi connectivity index (χ1v) is 4.70. The van der Waals surface area contributed by atoms with E-state index in [1.165, 1.54) is 0 Å². The summed E-state index contributed by atoms with van der Waals surface area (Å²) in [6.45, 7) is 0. The van der Waals surface area contributed by atoms with E-state index in [1.54, 1.807) is 0 Å². The monoisotopic (exact) mass is 284 g/mol. The summed E-state index contributed by atoms with van der Waals surface area (Å²) in [6.07, 6.45) is 0. The van der Waals surface area contributed by atoms with Gasteiger partial charge >= 0.3 is 104 Å². The summed E-state index contributed by atoms with van der Waals surface area (Å²) in [5, 5.41) is 0. The van der Waals surface area contributed by atoms with Crippen molar-refractivity contribution in [1.82, 2.24) is 0 Å². The second-order valence-corrected chi connectivity index (χ2v) is 3.08. The third kappa shape index (κ3) is 297. The molecule has 8 nitrogen and oxygen atoms in total. The van der Waals surface area contributed by atoms with Crippen LogP contribution in [0.3, 0.4) is 0 Å². The first-order valence-electron chi connectivity index (χ1n) is 1.57. The topological polar surface area (TPSA) is 156 Å². The van der Waals surface area contributed by atoms with Crippen LogP contribution >= 0.6 is 15.6 Å². The normalized spacial score (nSPS) is 8.43. The predicted octanol–water partition coefficient (Wildman–Crippen LogP) is -3.17. The number of phosphoric acid groups is 2. The van der Waals surface area contributed by atoms with Gasteiger partial charge in [-0.3, -0.25) is 0 Å². The van der Waals surface area contributed by atoms with Crippen molar-refractivity contribution in [3.8, 4) is 0 Å². The summed E-state index contributed by atoms with van der Waals surface area (Å²) >= 11 is 0. The summed E-state index contributed by atoms with van der Waals surface area (Å²) in [5.74, 6) is 0. The standard InChI is InChI=1S/CH4.3Na.2H3O4P.3H/c;;;;2*1-5(2,3)4;;;/h1H4;;;;2*(H3,1,2,3,4);;;. The van der Waals surface area contributed by atoms with Gasteiger partial charge in [0.05, 0.1) is 0 Å². The Hall–Kier alpha value is 3.22. The molecule has 0 unspecified atom stereocenters. The van der Waals surface area contributed by atoms with Gasteiger partial charge in [-0.15, -0.1) is 0 Å². The summed E-state index contributed by atoms with van der Waals surface area (Å²) in [7, 11) is -9.28. The van der Waals surface area contributed by atoms with Gasteiger partial charge in [0.15, 0.2) is 0 Å². The molecule has 0 saturated heterocycles. The third-order valence-electron chi connectivity index (χ3n) is 0. The summed E-state index contributed by atoms with van der Waals surface area (Å²) in [4.78, 5) is 43.1. The van der Waals surface area contributed by atoms with E-state index in [2.05, 4.69) is 0 Å². The van der Waals surface area contributed by atoms with Crippen molar-refractivity contribution in [3.05, 3.63) is 0 Å². The maximum atomic E-state index is 8.88. The molecule has 0 atom stereocenters. The van der Waals surface area contributed by atoms with Crippen molar-refractivity contribution in [1.29, 1.82) is 0 Å².